The summed E-state index contributed by atoms with van der Waals surface area (Å²) in [5.41, 5.74) is 0.376. The molecule has 2 rings (SSSR count). The van der Waals surface area contributed by atoms with Crippen molar-refractivity contribution in [3.05, 3.63) is 53.3 Å². The summed E-state index contributed by atoms with van der Waals surface area (Å²) in [6, 6.07) is 8.48. The number of benzene rings is 2. The molecular weight excluding hydrogens is 395 g/mol. The lowest BCUT2D eigenvalue weighted by Gasteiger charge is -2.22. The quantitative estimate of drug-likeness (QED) is 0.727. The molecule has 27 heavy (non-hydrogen) atoms. The number of ether oxygens (including phenoxy) is 1. The zero-order chi connectivity index (χ0) is 20.2. The van der Waals surface area contributed by atoms with Crippen LogP contribution in [-0.2, 0) is 14.8 Å². The Morgan fingerprint density at radius 2 is 1.85 bits per heavy atom. The van der Waals surface area contributed by atoms with Crippen LogP contribution in [0.15, 0.2) is 47.4 Å². The average molecular weight is 415 g/mol. The molecule has 2 aromatic rings. The molecule has 0 saturated heterocycles. The van der Waals surface area contributed by atoms with E-state index in [2.05, 4.69) is 10.0 Å². The van der Waals surface area contributed by atoms with E-state index < -0.39 is 32.7 Å². The molecule has 0 heterocycles. The molecule has 1 atom stereocenters. The van der Waals surface area contributed by atoms with Crippen LogP contribution in [0.1, 0.15) is 13.8 Å². The van der Waals surface area contributed by atoms with Gasteiger partial charge in [-0.1, -0.05) is 37.6 Å². The molecule has 2 aromatic carbocycles. The van der Waals surface area contributed by atoms with Crippen LogP contribution in [0.4, 0.5) is 10.1 Å². The van der Waals surface area contributed by atoms with Crippen LogP contribution in [-0.4, -0.2) is 27.5 Å². The Morgan fingerprint density at radius 1 is 1.19 bits per heavy atom. The second-order valence-electron chi connectivity index (χ2n) is 6.11. The zero-order valence-corrected chi connectivity index (χ0v) is 16.6. The van der Waals surface area contributed by atoms with E-state index in [0.717, 1.165) is 12.1 Å². The van der Waals surface area contributed by atoms with Crippen molar-refractivity contribution in [1.29, 1.82) is 0 Å². The van der Waals surface area contributed by atoms with E-state index in [1.165, 1.54) is 25.3 Å². The standard InChI is InChI=1S/C18H20ClFN2O4S/c1-11(2)17(22-27(24,25)16-7-5-4-6-14(16)20)18(23)21-12-8-9-15(26-3)13(19)10-12/h4-11,17,22H,1-3H3,(H,21,23). The zero-order valence-electron chi connectivity index (χ0n) is 15.0. The van der Waals surface area contributed by atoms with Gasteiger partial charge in [0.2, 0.25) is 15.9 Å². The third-order valence-electron chi connectivity index (χ3n) is 3.78. The summed E-state index contributed by atoms with van der Waals surface area (Å²) in [5, 5.41) is 2.90. The number of halogens is 2. The Hall–Kier alpha value is -2.16. The van der Waals surface area contributed by atoms with Gasteiger partial charge in [-0.2, -0.15) is 4.72 Å². The Bertz CT molecular complexity index is 935. The van der Waals surface area contributed by atoms with E-state index in [9.17, 15) is 17.6 Å². The lowest BCUT2D eigenvalue weighted by Crippen LogP contribution is -2.47. The molecule has 1 amide bonds. The van der Waals surface area contributed by atoms with Gasteiger partial charge in [-0.3, -0.25) is 4.79 Å². The Morgan fingerprint density at radius 3 is 2.41 bits per heavy atom. The minimum Gasteiger partial charge on any atom is -0.495 e. The van der Waals surface area contributed by atoms with E-state index in [-0.39, 0.29) is 5.92 Å². The molecular formula is C18H20ClFN2O4S. The number of sulfonamides is 1. The van der Waals surface area contributed by atoms with Crippen molar-refractivity contribution in [2.75, 3.05) is 12.4 Å². The molecule has 1 unspecified atom stereocenters. The molecule has 0 aliphatic rings. The van der Waals surface area contributed by atoms with Crippen LogP contribution in [0, 0.1) is 11.7 Å². The molecule has 0 saturated carbocycles. The molecule has 0 bridgehead atoms. The van der Waals surface area contributed by atoms with Gasteiger partial charge in [0, 0.05) is 5.69 Å². The lowest BCUT2D eigenvalue weighted by atomic mass is 10.0. The van der Waals surface area contributed by atoms with Crippen LogP contribution < -0.4 is 14.8 Å². The van der Waals surface area contributed by atoms with Crippen LogP contribution in [0.25, 0.3) is 0 Å². The third-order valence-corrected chi connectivity index (χ3v) is 5.55. The van der Waals surface area contributed by atoms with E-state index in [1.54, 1.807) is 26.0 Å². The molecule has 0 spiro atoms. The maximum atomic E-state index is 13.9. The number of hydrogen-bond donors (Lipinski definition) is 2. The van der Waals surface area contributed by atoms with Gasteiger partial charge >= 0.3 is 0 Å². The highest BCUT2D eigenvalue weighted by Gasteiger charge is 2.30. The predicted octanol–water partition coefficient (Wildman–Crippen LogP) is 3.43. The van der Waals surface area contributed by atoms with E-state index in [1.807, 2.05) is 0 Å². The first-order valence-electron chi connectivity index (χ1n) is 8.07. The smallest absolute Gasteiger partial charge is 0.244 e. The average Bonchev–Trinajstić information content (AvgIpc) is 2.60. The van der Waals surface area contributed by atoms with Crippen LogP contribution in [0.5, 0.6) is 5.75 Å². The van der Waals surface area contributed by atoms with Gasteiger partial charge < -0.3 is 10.1 Å². The first kappa shape index (κ1) is 21.1. The number of methoxy groups -OCH3 is 1. The van der Waals surface area contributed by atoms with Gasteiger partial charge in [-0.05, 0) is 36.2 Å². The van der Waals surface area contributed by atoms with Crippen LogP contribution in [0.2, 0.25) is 5.02 Å². The summed E-state index contributed by atoms with van der Waals surface area (Å²) in [5.74, 6) is -1.43. The normalized spacial score (nSPS) is 12.7. The van der Waals surface area contributed by atoms with E-state index >= 15 is 0 Å². The highest BCUT2D eigenvalue weighted by atomic mass is 35.5. The van der Waals surface area contributed by atoms with Crippen molar-refractivity contribution in [3.63, 3.8) is 0 Å². The molecule has 0 aromatic heterocycles. The number of nitrogens with one attached hydrogen (secondary N) is 2. The number of anilines is 1. The minimum absolute atomic E-state index is 0.295. The SMILES string of the molecule is COc1ccc(NC(=O)C(NS(=O)(=O)c2ccccc2F)C(C)C)cc1Cl. The summed E-state index contributed by atoms with van der Waals surface area (Å²) >= 11 is 6.03. The van der Waals surface area contributed by atoms with Crippen molar-refractivity contribution < 1.29 is 22.3 Å². The number of carbonyl (C=O) groups is 1. The Kier molecular flexibility index (Phi) is 6.80. The van der Waals surface area contributed by atoms with Gasteiger partial charge in [0.05, 0.1) is 12.1 Å². The maximum absolute atomic E-state index is 13.9. The van der Waals surface area contributed by atoms with Crippen LogP contribution in [0.3, 0.4) is 0 Å². The van der Waals surface area contributed by atoms with Crippen molar-refractivity contribution in [3.8, 4) is 5.75 Å². The third kappa shape index (κ3) is 5.18. The topological polar surface area (TPSA) is 84.5 Å². The summed E-state index contributed by atoms with van der Waals surface area (Å²) in [6.07, 6.45) is 0. The highest BCUT2D eigenvalue weighted by Crippen LogP contribution is 2.27. The van der Waals surface area contributed by atoms with Crippen LogP contribution >= 0.6 is 11.6 Å². The number of rotatable bonds is 7. The fourth-order valence-corrected chi connectivity index (χ4v) is 4.03. The van der Waals surface area contributed by atoms with Crippen molar-refractivity contribution in [2.45, 2.75) is 24.8 Å². The van der Waals surface area contributed by atoms with Crippen molar-refractivity contribution in [2.24, 2.45) is 5.92 Å². The first-order chi connectivity index (χ1) is 12.7. The van der Waals surface area contributed by atoms with Crippen molar-refractivity contribution >= 4 is 33.2 Å². The largest absolute Gasteiger partial charge is 0.495 e. The molecule has 146 valence electrons. The maximum Gasteiger partial charge on any atom is 0.244 e. The highest BCUT2D eigenvalue weighted by molar-refractivity contribution is 7.89. The molecule has 6 nitrogen and oxygen atoms in total. The van der Waals surface area contributed by atoms with E-state index in [4.69, 9.17) is 16.3 Å². The first-order valence-corrected chi connectivity index (χ1v) is 9.93. The molecule has 0 fully saturated rings. The number of hydrogen-bond acceptors (Lipinski definition) is 4. The van der Waals surface area contributed by atoms with Gasteiger partial charge in [-0.25, -0.2) is 12.8 Å². The molecule has 0 aliphatic carbocycles. The summed E-state index contributed by atoms with van der Waals surface area (Å²) in [7, 11) is -2.76. The number of amides is 1. The van der Waals surface area contributed by atoms with E-state index in [0.29, 0.717) is 16.5 Å². The van der Waals surface area contributed by atoms with Gasteiger partial charge in [-0.15, -0.1) is 0 Å². The molecule has 0 radical (unpaired) electrons. The number of carbonyl (C=O) groups excluding carboxylic acids is 1. The lowest BCUT2D eigenvalue weighted by molar-refractivity contribution is -0.118. The summed E-state index contributed by atoms with van der Waals surface area (Å²) in [6.45, 7) is 3.35. The summed E-state index contributed by atoms with van der Waals surface area (Å²) < 4.78 is 46.2. The molecule has 9 heteroatoms. The monoisotopic (exact) mass is 414 g/mol. The molecule has 0 aliphatic heterocycles. The van der Waals surface area contributed by atoms with Gasteiger partial charge in [0.1, 0.15) is 22.5 Å². The summed E-state index contributed by atoms with van der Waals surface area (Å²) in [4.78, 5) is 12.1. The fourth-order valence-electron chi connectivity index (χ4n) is 2.35. The molecule has 2 N–H and O–H groups in total. The second-order valence-corrected chi connectivity index (χ2v) is 8.20. The van der Waals surface area contributed by atoms with Crippen molar-refractivity contribution in [1.82, 2.24) is 4.72 Å². The fraction of sp³-hybridized carbons (Fsp3) is 0.278. The Labute approximate surface area is 162 Å². The predicted molar refractivity (Wildman–Crippen MR) is 102 cm³/mol. The minimum atomic E-state index is -4.22. The van der Waals surface area contributed by atoms with Gasteiger partial charge in [0.15, 0.2) is 0 Å². The van der Waals surface area contributed by atoms with Gasteiger partial charge in [0.25, 0.3) is 0 Å². The Balaban J connectivity index is 2.23. The second kappa shape index (κ2) is 8.69.